The van der Waals surface area contributed by atoms with Crippen molar-refractivity contribution in [3.8, 4) is 0 Å². The van der Waals surface area contributed by atoms with E-state index in [2.05, 4.69) is 32.7 Å². The van der Waals surface area contributed by atoms with Gasteiger partial charge in [-0.3, -0.25) is 4.99 Å². The van der Waals surface area contributed by atoms with Gasteiger partial charge in [0.15, 0.2) is 11.8 Å². The predicted molar refractivity (Wildman–Crippen MR) is 111 cm³/mol. The lowest BCUT2D eigenvalue weighted by molar-refractivity contribution is 0.0169. The Bertz CT molecular complexity index is 527. The highest BCUT2D eigenvalue weighted by Gasteiger charge is 2.25. The molecule has 1 aromatic rings. The number of rotatable bonds is 8. The number of aromatic nitrogens is 3. The molecule has 8 heteroatoms. The number of guanidine groups is 1. The summed E-state index contributed by atoms with van der Waals surface area (Å²) >= 11 is 0. The molecule has 144 valence electrons. The van der Waals surface area contributed by atoms with Crippen molar-refractivity contribution in [1.82, 2.24) is 25.4 Å². The highest BCUT2D eigenvalue weighted by atomic mass is 127. The number of hydrogen-bond donors (Lipinski definition) is 2. The summed E-state index contributed by atoms with van der Waals surface area (Å²) in [7, 11) is 3.76. The van der Waals surface area contributed by atoms with Crippen molar-refractivity contribution in [2.24, 2.45) is 18.0 Å². The van der Waals surface area contributed by atoms with Crippen molar-refractivity contribution >= 4 is 29.9 Å². The molecule has 1 aliphatic rings. The summed E-state index contributed by atoms with van der Waals surface area (Å²) in [6, 6.07) is 0. The van der Waals surface area contributed by atoms with E-state index in [1.54, 1.807) is 7.05 Å². The molecule has 0 saturated heterocycles. The van der Waals surface area contributed by atoms with Crippen LogP contribution in [0.2, 0.25) is 0 Å². The minimum absolute atomic E-state index is 0. The van der Waals surface area contributed by atoms with Gasteiger partial charge >= 0.3 is 0 Å². The van der Waals surface area contributed by atoms with Gasteiger partial charge < -0.3 is 19.9 Å². The molecule has 2 rings (SSSR count). The zero-order valence-corrected chi connectivity index (χ0v) is 18.2. The zero-order chi connectivity index (χ0) is 17.4. The molecule has 0 amide bonds. The molecule has 1 aliphatic carbocycles. The molecule has 25 heavy (non-hydrogen) atoms. The maximum absolute atomic E-state index is 5.97. The van der Waals surface area contributed by atoms with E-state index in [-0.39, 0.29) is 24.0 Å². The normalized spacial score (nSPS) is 16.6. The van der Waals surface area contributed by atoms with Gasteiger partial charge in [-0.05, 0) is 39.0 Å². The Kier molecular flexibility index (Phi) is 10.3. The number of nitrogens with one attached hydrogen (secondary N) is 2. The molecule has 0 bridgehead atoms. The summed E-state index contributed by atoms with van der Waals surface area (Å²) in [4.78, 5) is 4.28. The molecule has 1 aromatic heterocycles. The number of aliphatic imine (C=N–C) groups is 1. The first-order chi connectivity index (χ1) is 11.7. The Morgan fingerprint density at radius 3 is 2.60 bits per heavy atom. The van der Waals surface area contributed by atoms with Crippen LogP contribution in [0.1, 0.15) is 50.7 Å². The lowest BCUT2D eigenvalue weighted by Gasteiger charge is -2.24. The fraction of sp³-hybridized carbons (Fsp3) is 0.824. The van der Waals surface area contributed by atoms with Gasteiger partial charge in [0.05, 0.1) is 12.6 Å². The van der Waals surface area contributed by atoms with Gasteiger partial charge in [0.25, 0.3) is 0 Å². The van der Waals surface area contributed by atoms with Crippen LogP contribution in [0.25, 0.3) is 0 Å². The molecular formula is C17H33IN6O. The minimum Gasteiger partial charge on any atom is -0.378 e. The Labute approximate surface area is 168 Å². The van der Waals surface area contributed by atoms with E-state index in [9.17, 15) is 0 Å². The lowest BCUT2D eigenvalue weighted by atomic mass is 9.98. The molecule has 0 aromatic carbocycles. The second-order valence-corrected chi connectivity index (χ2v) is 6.40. The maximum atomic E-state index is 5.97. The molecule has 1 unspecified atom stereocenters. The monoisotopic (exact) mass is 464 g/mol. The fourth-order valence-corrected chi connectivity index (χ4v) is 3.32. The van der Waals surface area contributed by atoms with Crippen molar-refractivity contribution in [1.29, 1.82) is 0 Å². The molecule has 0 aliphatic heterocycles. The molecular weight excluding hydrogens is 431 g/mol. The maximum Gasteiger partial charge on any atom is 0.191 e. The van der Waals surface area contributed by atoms with Crippen LogP contribution in [0.3, 0.4) is 0 Å². The highest BCUT2D eigenvalue weighted by Crippen LogP contribution is 2.30. The van der Waals surface area contributed by atoms with Gasteiger partial charge in [0.2, 0.25) is 0 Å². The van der Waals surface area contributed by atoms with Crippen LogP contribution in [0.15, 0.2) is 4.99 Å². The molecule has 1 atom stereocenters. The van der Waals surface area contributed by atoms with E-state index in [0.717, 1.165) is 43.1 Å². The van der Waals surface area contributed by atoms with Crippen molar-refractivity contribution in [3.63, 3.8) is 0 Å². The largest absolute Gasteiger partial charge is 0.378 e. The zero-order valence-electron chi connectivity index (χ0n) is 15.9. The summed E-state index contributed by atoms with van der Waals surface area (Å²) < 4.78 is 7.94. The lowest BCUT2D eigenvalue weighted by Crippen LogP contribution is -2.39. The number of ether oxygens (including phenoxy) is 1. The number of halogens is 1. The Balaban J connectivity index is 0.00000312. The standard InChI is InChI=1S/C17H32N6O.HI/c1-5-24-15(14-8-6-7-9-14)10-11-19-17(18-3)20-12-16-22-21-13(2)23(16)4;/h14-15H,5-12H2,1-4H3,(H2,18,19,20);1H. The van der Waals surface area contributed by atoms with Gasteiger partial charge in [0.1, 0.15) is 5.82 Å². The second-order valence-electron chi connectivity index (χ2n) is 6.40. The van der Waals surface area contributed by atoms with E-state index in [1.807, 2.05) is 18.5 Å². The van der Waals surface area contributed by atoms with E-state index in [4.69, 9.17) is 4.74 Å². The third-order valence-corrected chi connectivity index (χ3v) is 4.85. The fourth-order valence-electron chi connectivity index (χ4n) is 3.32. The molecule has 1 fully saturated rings. The summed E-state index contributed by atoms with van der Waals surface area (Å²) in [5.41, 5.74) is 0. The molecule has 2 N–H and O–H groups in total. The quantitative estimate of drug-likeness (QED) is 0.351. The van der Waals surface area contributed by atoms with Crippen molar-refractivity contribution in [2.75, 3.05) is 20.2 Å². The van der Waals surface area contributed by atoms with Crippen LogP contribution in [0, 0.1) is 12.8 Å². The molecule has 1 saturated carbocycles. The van der Waals surface area contributed by atoms with Gasteiger partial charge in [-0.1, -0.05) is 12.8 Å². The summed E-state index contributed by atoms with van der Waals surface area (Å²) in [6.07, 6.45) is 6.70. The van der Waals surface area contributed by atoms with E-state index >= 15 is 0 Å². The first-order valence-corrected chi connectivity index (χ1v) is 9.06. The van der Waals surface area contributed by atoms with Crippen LogP contribution in [0.5, 0.6) is 0 Å². The summed E-state index contributed by atoms with van der Waals surface area (Å²) in [5.74, 6) is 3.32. The number of aryl methyl sites for hydroxylation is 1. The molecule has 0 radical (unpaired) electrons. The second kappa shape index (κ2) is 11.7. The predicted octanol–water partition coefficient (Wildman–Crippen LogP) is 2.39. The third kappa shape index (κ3) is 6.73. The van der Waals surface area contributed by atoms with Gasteiger partial charge in [-0.15, -0.1) is 34.2 Å². The first kappa shape index (κ1) is 22.1. The van der Waals surface area contributed by atoms with Crippen LogP contribution >= 0.6 is 24.0 Å². The van der Waals surface area contributed by atoms with E-state index < -0.39 is 0 Å². The molecule has 1 heterocycles. The topological polar surface area (TPSA) is 76.4 Å². The Hall–Kier alpha value is -0.900. The van der Waals surface area contributed by atoms with Gasteiger partial charge in [0, 0.05) is 27.2 Å². The van der Waals surface area contributed by atoms with Crippen molar-refractivity contribution in [2.45, 2.75) is 58.6 Å². The van der Waals surface area contributed by atoms with E-state index in [0.29, 0.717) is 12.6 Å². The SMILES string of the molecule is CCOC(CCNC(=NC)NCc1nnc(C)n1C)C1CCCC1.I. The molecule has 7 nitrogen and oxygen atoms in total. The first-order valence-electron chi connectivity index (χ1n) is 9.06. The van der Waals surface area contributed by atoms with Crippen LogP contribution in [-0.2, 0) is 18.3 Å². The van der Waals surface area contributed by atoms with Gasteiger partial charge in [-0.25, -0.2) is 0 Å². The van der Waals surface area contributed by atoms with Crippen molar-refractivity contribution < 1.29 is 4.74 Å². The summed E-state index contributed by atoms with van der Waals surface area (Å²) in [5, 5.41) is 14.9. The van der Waals surface area contributed by atoms with Crippen LogP contribution in [0.4, 0.5) is 0 Å². The average molecular weight is 464 g/mol. The van der Waals surface area contributed by atoms with E-state index in [1.165, 1.54) is 25.7 Å². The average Bonchev–Trinajstić information content (AvgIpc) is 3.22. The summed E-state index contributed by atoms with van der Waals surface area (Å²) in [6.45, 7) is 6.28. The van der Waals surface area contributed by atoms with Crippen molar-refractivity contribution in [3.05, 3.63) is 11.6 Å². The Morgan fingerprint density at radius 1 is 1.32 bits per heavy atom. The Morgan fingerprint density at radius 2 is 2.04 bits per heavy atom. The number of nitrogens with zero attached hydrogens (tertiary/aromatic N) is 4. The van der Waals surface area contributed by atoms with Gasteiger partial charge in [-0.2, -0.15) is 0 Å². The molecule has 0 spiro atoms. The minimum atomic E-state index is 0. The highest BCUT2D eigenvalue weighted by molar-refractivity contribution is 14.0. The third-order valence-electron chi connectivity index (χ3n) is 4.85. The number of hydrogen-bond acceptors (Lipinski definition) is 4. The van der Waals surface area contributed by atoms with Crippen LogP contribution in [-0.4, -0.2) is 47.0 Å². The van der Waals surface area contributed by atoms with Crippen LogP contribution < -0.4 is 10.6 Å². The smallest absolute Gasteiger partial charge is 0.191 e.